The molecule has 1 saturated carbocycles. The number of pyridine rings is 1. The van der Waals surface area contributed by atoms with Crippen molar-refractivity contribution in [3.63, 3.8) is 0 Å². The lowest BCUT2D eigenvalue weighted by Gasteiger charge is -2.24. The fourth-order valence-corrected chi connectivity index (χ4v) is 2.93. The van der Waals surface area contributed by atoms with E-state index in [1.54, 1.807) is 0 Å². The van der Waals surface area contributed by atoms with Crippen molar-refractivity contribution >= 4 is 5.82 Å². The summed E-state index contributed by atoms with van der Waals surface area (Å²) in [7, 11) is 0. The summed E-state index contributed by atoms with van der Waals surface area (Å²) in [6.07, 6.45) is 6.53. The van der Waals surface area contributed by atoms with Gasteiger partial charge < -0.3 is 10.2 Å². The minimum Gasteiger partial charge on any atom is -0.357 e. The van der Waals surface area contributed by atoms with Crippen molar-refractivity contribution in [2.75, 3.05) is 18.0 Å². The van der Waals surface area contributed by atoms with Crippen LogP contribution in [0.25, 0.3) is 0 Å². The summed E-state index contributed by atoms with van der Waals surface area (Å²) in [5, 5.41) is 3.55. The van der Waals surface area contributed by atoms with Gasteiger partial charge in [-0.05, 0) is 49.7 Å². The highest BCUT2D eigenvalue weighted by Gasteiger charge is 2.24. The predicted molar refractivity (Wildman–Crippen MR) is 83.9 cm³/mol. The maximum absolute atomic E-state index is 4.85. The highest BCUT2D eigenvalue weighted by Crippen LogP contribution is 2.31. The molecule has 110 valence electrons. The molecule has 1 aromatic heterocycles. The number of hydrogen-bond acceptors (Lipinski definition) is 3. The van der Waals surface area contributed by atoms with Crippen LogP contribution in [0.3, 0.4) is 0 Å². The van der Waals surface area contributed by atoms with Gasteiger partial charge in [0.05, 0.1) is 5.69 Å². The van der Waals surface area contributed by atoms with E-state index in [0.717, 1.165) is 31.5 Å². The third kappa shape index (κ3) is 3.72. The molecule has 1 aliphatic heterocycles. The number of nitrogens with zero attached hydrogens (tertiary/aromatic N) is 2. The first-order valence-electron chi connectivity index (χ1n) is 8.07. The van der Waals surface area contributed by atoms with Crippen LogP contribution in [-0.4, -0.2) is 24.1 Å². The van der Waals surface area contributed by atoms with E-state index >= 15 is 0 Å². The number of aromatic nitrogens is 1. The first-order chi connectivity index (χ1) is 9.62. The molecule has 0 bridgehead atoms. The van der Waals surface area contributed by atoms with Crippen LogP contribution in [0, 0.1) is 5.41 Å². The van der Waals surface area contributed by atoms with E-state index in [9.17, 15) is 0 Å². The lowest BCUT2D eigenvalue weighted by Crippen LogP contribution is -2.26. The lowest BCUT2D eigenvalue weighted by molar-refractivity contribution is 0.325. The summed E-state index contributed by atoms with van der Waals surface area (Å²) in [6.45, 7) is 7.98. The van der Waals surface area contributed by atoms with Gasteiger partial charge in [-0.15, -0.1) is 0 Å². The molecule has 2 heterocycles. The minimum atomic E-state index is 0.486. The van der Waals surface area contributed by atoms with Crippen LogP contribution in [0.5, 0.6) is 0 Å². The molecule has 1 aromatic rings. The predicted octanol–water partition coefficient (Wildman–Crippen LogP) is 3.35. The van der Waals surface area contributed by atoms with Crippen molar-refractivity contribution in [1.29, 1.82) is 0 Å². The van der Waals surface area contributed by atoms with Crippen LogP contribution in [0.15, 0.2) is 18.2 Å². The summed E-state index contributed by atoms with van der Waals surface area (Å²) in [4.78, 5) is 7.32. The molecule has 2 fully saturated rings. The Kier molecular flexibility index (Phi) is 3.97. The van der Waals surface area contributed by atoms with Crippen LogP contribution < -0.4 is 10.2 Å². The largest absolute Gasteiger partial charge is 0.357 e. The fourth-order valence-electron chi connectivity index (χ4n) is 2.93. The molecular formula is C17H27N3. The van der Waals surface area contributed by atoms with Crippen LogP contribution in [0.1, 0.15) is 51.6 Å². The molecule has 3 nitrogen and oxygen atoms in total. The van der Waals surface area contributed by atoms with E-state index in [1.807, 2.05) is 0 Å². The quantitative estimate of drug-likeness (QED) is 0.912. The van der Waals surface area contributed by atoms with E-state index < -0.39 is 0 Å². The van der Waals surface area contributed by atoms with Crippen molar-refractivity contribution in [2.45, 2.75) is 58.5 Å². The molecular weight excluding hydrogens is 246 g/mol. The minimum absolute atomic E-state index is 0.486. The Balaban J connectivity index is 1.64. The summed E-state index contributed by atoms with van der Waals surface area (Å²) in [5.41, 5.74) is 1.66. The molecule has 0 unspecified atom stereocenters. The summed E-state index contributed by atoms with van der Waals surface area (Å²) in [5.74, 6) is 1.16. The first kappa shape index (κ1) is 13.9. The highest BCUT2D eigenvalue weighted by atomic mass is 15.2. The Hall–Kier alpha value is -1.09. The van der Waals surface area contributed by atoms with Gasteiger partial charge in [-0.25, -0.2) is 4.98 Å². The first-order valence-corrected chi connectivity index (χ1v) is 8.07. The zero-order valence-corrected chi connectivity index (χ0v) is 12.9. The van der Waals surface area contributed by atoms with Crippen LogP contribution in [0.4, 0.5) is 5.82 Å². The van der Waals surface area contributed by atoms with Crippen molar-refractivity contribution in [3.8, 4) is 0 Å². The topological polar surface area (TPSA) is 28.2 Å². The fraction of sp³-hybridized carbons (Fsp3) is 0.706. The van der Waals surface area contributed by atoms with Crippen LogP contribution >= 0.6 is 0 Å². The zero-order chi connectivity index (χ0) is 14.0. The summed E-state index contributed by atoms with van der Waals surface area (Å²) < 4.78 is 0. The average Bonchev–Trinajstić information content (AvgIpc) is 3.24. The molecule has 1 saturated heterocycles. The smallest absolute Gasteiger partial charge is 0.128 e. The second-order valence-electron chi connectivity index (χ2n) is 7.15. The van der Waals surface area contributed by atoms with E-state index in [4.69, 9.17) is 4.98 Å². The second kappa shape index (κ2) is 5.72. The number of hydrogen-bond donors (Lipinski definition) is 1. The van der Waals surface area contributed by atoms with Gasteiger partial charge in [-0.1, -0.05) is 19.9 Å². The molecule has 2 aliphatic rings. The van der Waals surface area contributed by atoms with E-state index in [2.05, 4.69) is 42.3 Å². The Morgan fingerprint density at radius 3 is 2.90 bits per heavy atom. The standard InChI is InChI=1S/C17H27N3/c1-17(2)9-4-11-20(12-10-17)16-6-3-5-15(19-16)13-18-14-7-8-14/h3,5-6,14,18H,4,7-13H2,1-2H3. The second-order valence-corrected chi connectivity index (χ2v) is 7.15. The van der Waals surface area contributed by atoms with E-state index in [0.29, 0.717) is 5.41 Å². The average molecular weight is 273 g/mol. The van der Waals surface area contributed by atoms with Crippen molar-refractivity contribution in [2.24, 2.45) is 5.41 Å². The van der Waals surface area contributed by atoms with Gasteiger partial charge in [0.2, 0.25) is 0 Å². The number of nitrogens with one attached hydrogen (secondary N) is 1. The van der Waals surface area contributed by atoms with Crippen molar-refractivity contribution in [3.05, 3.63) is 23.9 Å². The molecule has 0 amide bonds. The molecule has 0 atom stereocenters. The highest BCUT2D eigenvalue weighted by molar-refractivity contribution is 5.39. The normalized spacial score (nSPS) is 22.6. The monoisotopic (exact) mass is 273 g/mol. The molecule has 0 radical (unpaired) electrons. The van der Waals surface area contributed by atoms with Crippen LogP contribution in [0.2, 0.25) is 0 Å². The van der Waals surface area contributed by atoms with Gasteiger partial charge in [-0.3, -0.25) is 0 Å². The lowest BCUT2D eigenvalue weighted by atomic mass is 9.85. The molecule has 20 heavy (non-hydrogen) atoms. The van der Waals surface area contributed by atoms with E-state index in [-0.39, 0.29) is 0 Å². The maximum Gasteiger partial charge on any atom is 0.128 e. The summed E-state index contributed by atoms with van der Waals surface area (Å²) >= 11 is 0. The van der Waals surface area contributed by atoms with Gasteiger partial charge in [0.15, 0.2) is 0 Å². The Labute approximate surface area is 122 Å². The van der Waals surface area contributed by atoms with E-state index in [1.165, 1.54) is 37.8 Å². The van der Waals surface area contributed by atoms with Gasteiger partial charge in [0, 0.05) is 25.7 Å². The van der Waals surface area contributed by atoms with Crippen molar-refractivity contribution < 1.29 is 0 Å². The van der Waals surface area contributed by atoms with Gasteiger partial charge in [0.25, 0.3) is 0 Å². The zero-order valence-electron chi connectivity index (χ0n) is 12.9. The number of anilines is 1. The third-order valence-corrected chi connectivity index (χ3v) is 4.61. The Morgan fingerprint density at radius 2 is 2.10 bits per heavy atom. The Morgan fingerprint density at radius 1 is 1.25 bits per heavy atom. The molecule has 1 N–H and O–H groups in total. The number of rotatable bonds is 4. The molecule has 3 heteroatoms. The van der Waals surface area contributed by atoms with Gasteiger partial charge in [-0.2, -0.15) is 0 Å². The van der Waals surface area contributed by atoms with Crippen LogP contribution in [-0.2, 0) is 6.54 Å². The summed E-state index contributed by atoms with van der Waals surface area (Å²) in [6, 6.07) is 7.21. The molecule has 0 aromatic carbocycles. The Bertz CT molecular complexity index is 451. The molecule has 0 spiro atoms. The van der Waals surface area contributed by atoms with Crippen molar-refractivity contribution in [1.82, 2.24) is 10.3 Å². The third-order valence-electron chi connectivity index (χ3n) is 4.61. The maximum atomic E-state index is 4.85. The van der Waals surface area contributed by atoms with Gasteiger partial charge >= 0.3 is 0 Å². The molecule has 3 rings (SSSR count). The molecule has 1 aliphatic carbocycles. The SMILES string of the molecule is CC1(C)CCCN(c2cccc(CNC3CC3)n2)CC1. The van der Waals surface area contributed by atoms with Gasteiger partial charge in [0.1, 0.15) is 5.82 Å².